The summed E-state index contributed by atoms with van der Waals surface area (Å²) in [6, 6.07) is 6.50. The number of rotatable bonds is 5. The smallest absolute Gasteiger partial charge is 0.288 e. The third-order valence-corrected chi connectivity index (χ3v) is 4.49. The fourth-order valence-electron chi connectivity index (χ4n) is 2.55. The first-order valence-electron chi connectivity index (χ1n) is 7.60. The Hall–Kier alpha value is -2.00. The van der Waals surface area contributed by atoms with E-state index in [2.05, 4.69) is 20.9 Å². The van der Waals surface area contributed by atoms with E-state index in [1.54, 1.807) is 23.0 Å². The maximum absolute atomic E-state index is 12.3. The Morgan fingerprint density at radius 2 is 2.00 bits per heavy atom. The molecule has 1 aromatic heterocycles. The van der Waals surface area contributed by atoms with Crippen LogP contribution in [0.2, 0.25) is 0 Å². The van der Waals surface area contributed by atoms with Crippen molar-refractivity contribution < 1.29 is 13.6 Å². The van der Waals surface area contributed by atoms with Crippen LogP contribution in [0.5, 0.6) is 0 Å². The minimum atomic E-state index is -2.46. The molecule has 0 radical (unpaired) electrons. The molecule has 1 aromatic carbocycles. The number of nitrogens with one attached hydrogen (secondary N) is 2. The molecule has 0 saturated carbocycles. The molecule has 9 heteroatoms. The third-order valence-electron chi connectivity index (χ3n) is 3.76. The van der Waals surface area contributed by atoms with E-state index in [9.17, 15) is 13.6 Å². The van der Waals surface area contributed by atoms with Crippen molar-refractivity contribution in [1.82, 2.24) is 20.3 Å². The molecular weight excluding hydrogens is 336 g/mol. The summed E-state index contributed by atoms with van der Waals surface area (Å²) in [5.74, 6) is -2.83. The van der Waals surface area contributed by atoms with Crippen molar-refractivity contribution in [2.24, 2.45) is 0 Å². The second-order valence-corrected chi connectivity index (χ2v) is 6.49. The predicted octanol–water partition coefficient (Wildman–Crippen LogP) is 2.77. The van der Waals surface area contributed by atoms with E-state index in [-0.39, 0.29) is 17.6 Å². The number of nitrogens with zero attached hydrogens (tertiary/aromatic N) is 3. The summed E-state index contributed by atoms with van der Waals surface area (Å²) in [6.45, 7) is 1.85. The van der Waals surface area contributed by atoms with Gasteiger partial charge in [-0.25, -0.2) is 4.68 Å². The first-order valence-corrected chi connectivity index (χ1v) is 8.48. The Bertz CT molecular complexity index is 685. The van der Waals surface area contributed by atoms with E-state index in [0.29, 0.717) is 22.3 Å². The van der Waals surface area contributed by atoms with Gasteiger partial charge in [0.05, 0.1) is 12.2 Å². The quantitative estimate of drug-likeness (QED) is 0.809. The molecule has 1 aliphatic rings. The second kappa shape index (κ2) is 7.71. The van der Waals surface area contributed by atoms with Crippen molar-refractivity contribution in [1.29, 1.82) is 0 Å². The van der Waals surface area contributed by atoms with Gasteiger partial charge in [0.25, 0.3) is 11.7 Å². The number of halogens is 2. The van der Waals surface area contributed by atoms with Crippen LogP contribution in [0, 0.1) is 0 Å². The van der Waals surface area contributed by atoms with E-state index in [0.717, 1.165) is 25.9 Å². The van der Waals surface area contributed by atoms with Crippen LogP contribution in [-0.4, -0.2) is 39.7 Å². The number of carbonyl (C=O) groups is 1. The molecule has 0 aliphatic carbocycles. The lowest BCUT2D eigenvalue weighted by Crippen LogP contribution is -2.29. The molecule has 1 aliphatic heterocycles. The van der Waals surface area contributed by atoms with Gasteiger partial charge in [-0.2, -0.15) is 8.78 Å². The molecule has 128 valence electrons. The van der Waals surface area contributed by atoms with Crippen molar-refractivity contribution in [3.63, 3.8) is 0 Å². The number of thioether (sulfide) groups is 1. The van der Waals surface area contributed by atoms with Crippen LogP contribution in [0.25, 0.3) is 0 Å². The maximum Gasteiger partial charge on any atom is 0.288 e. The number of alkyl halides is 2. The summed E-state index contributed by atoms with van der Waals surface area (Å²) in [7, 11) is 0. The third kappa shape index (κ3) is 4.30. The van der Waals surface area contributed by atoms with Gasteiger partial charge >= 0.3 is 0 Å². The zero-order chi connectivity index (χ0) is 16.9. The van der Waals surface area contributed by atoms with Gasteiger partial charge in [0.15, 0.2) is 5.69 Å². The number of hydrogen-bond donors (Lipinski definition) is 2. The molecule has 2 N–H and O–H groups in total. The van der Waals surface area contributed by atoms with Crippen LogP contribution in [0.3, 0.4) is 0 Å². The highest BCUT2D eigenvalue weighted by molar-refractivity contribution is 7.99. The second-order valence-electron chi connectivity index (χ2n) is 5.42. The topological polar surface area (TPSA) is 71.8 Å². The Morgan fingerprint density at radius 1 is 1.29 bits per heavy atom. The summed E-state index contributed by atoms with van der Waals surface area (Å²) >= 11 is 0.465. The Labute approximate surface area is 142 Å². The van der Waals surface area contributed by atoms with Crippen LogP contribution in [0.1, 0.15) is 29.4 Å². The number of hydrogen-bond acceptors (Lipinski definition) is 5. The fourth-order valence-corrected chi connectivity index (χ4v) is 3.04. The lowest BCUT2D eigenvalue weighted by Gasteiger charge is -2.22. The molecule has 1 saturated heterocycles. The van der Waals surface area contributed by atoms with Gasteiger partial charge < -0.3 is 10.6 Å². The van der Waals surface area contributed by atoms with E-state index in [4.69, 9.17) is 0 Å². The lowest BCUT2D eigenvalue weighted by molar-refractivity contribution is 0.102. The normalized spacial score (nSPS) is 15.6. The minimum Gasteiger partial charge on any atom is -0.321 e. The molecule has 0 unspecified atom stereocenters. The zero-order valence-electron chi connectivity index (χ0n) is 12.8. The number of anilines is 1. The van der Waals surface area contributed by atoms with Crippen LogP contribution >= 0.6 is 11.8 Å². The molecule has 0 bridgehead atoms. The van der Waals surface area contributed by atoms with Crippen LogP contribution < -0.4 is 10.6 Å². The summed E-state index contributed by atoms with van der Waals surface area (Å²) in [4.78, 5) is 12.7. The van der Waals surface area contributed by atoms with Gasteiger partial charge in [-0.05, 0) is 50.2 Å². The minimum absolute atomic E-state index is 0.236. The number of piperidine rings is 1. The molecule has 0 atom stereocenters. The predicted molar refractivity (Wildman–Crippen MR) is 87.4 cm³/mol. The molecule has 0 spiro atoms. The van der Waals surface area contributed by atoms with E-state index in [1.807, 2.05) is 0 Å². The summed E-state index contributed by atoms with van der Waals surface area (Å²) in [5, 5.41) is 13.9. The Kier molecular flexibility index (Phi) is 5.41. The first-order chi connectivity index (χ1) is 11.6. The summed E-state index contributed by atoms with van der Waals surface area (Å²) in [6.07, 6.45) is 3.55. The molecule has 1 fully saturated rings. The van der Waals surface area contributed by atoms with Gasteiger partial charge in [0.1, 0.15) is 0 Å². The highest BCUT2D eigenvalue weighted by Crippen LogP contribution is 2.26. The molecule has 6 nitrogen and oxygen atoms in total. The van der Waals surface area contributed by atoms with Gasteiger partial charge in [-0.3, -0.25) is 4.79 Å². The number of carbonyl (C=O) groups excluding carboxylic acids is 1. The van der Waals surface area contributed by atoms with Crippen molar-refractivity contribution in [3.05, 3.63) is 36.2 Å². The van der Waals surface area contributed by atoms with E-state index >= 15 is 0 Å². The molecule has 2 aromatic rings. The average Bonchev–Trinajstić information content (AvgIpc) is 3.07. The van der Waals surface area contributed by atoms with Crippen LogP contribution in [-0.2, 0) is 0 Å². The standard InChI is InChI=1S/C15H17F2N5OS/c16-15(17)24-12-3-1-10(2-4-12)19-14(23)13-9-22(21-20-13)11-5-7-18-8-6-11/h1-4,9,11,15,18H,5-8H2,(H,19,23). The Balaban J connectivity index is 1.61. The number of aromatic nitrogens is 3. The number of amides is 1. The van der Waals surface area contributed by atoms with Crippen molar-refractivity contribution >= 4 is 23.4 Å². The van der Waals surface area contributed by atoms with E-state index < -0.39 is 5.76 Å². The summed E-state index contributed by atoms with van der Waals surface area (Å²) in [5.41, 5.74) is 0.759. The van der Waals surface area contributed by atoms with Crippen LogP contribution in [0.4, 0.5) is 14.5 Å². The molecule has 24 heavy (non-hydrogen) atoms. The monoisotopic (exact) mass is 353 g/mol. The van der Waals surface area contributed by atoms with Gasteiger partial charge in [-0.1, -0.05) is 17.0 Å². The SMILES string of the molecule is O=C(Nc1ccc(SC(F)F)cc1)c1cn(C2CCNCC2)nn1. The lowest BCUT2D eigenvalue weighted by atomic mass is 10.1. The Morgan fingerprint density at radius 3 is 2.67 bits per heavy atom. The molecule has 3 rings (SSSR count). The van der Waals surface area contributed by atoms with Crippen molar-refractivity contribution in [2.75, 3.05) is 18.4 Å². The van der Waals surface area contributed by atoms with Gasteiger partial charge in [0.2, 0.25) is 0 Å². The molecular formula is C15H17F2N5OS. The fraction of sp³-hybridized carbons (Fsp3) is 0.400. The van der Waals surface area contributed by atoms with Crippen molar-refractivity contribution in [3.8, 4) is 0 Å². The highest BCUT2D eigenvalue weighted by atomic mass is 32.2. The zero-order valence-corrected chi connectivity index (χ0v) is 13.6. The largest absolute Gasteiger partial charge is 0.321 e. The molecule has 1 amide bonds. The molecule has 2 heterocycles. The summed E-state index contributed by atoms with van der Waals surface area (Å²) < 4.78 is 26.3. The highest BCUT2D eigenvalue weighted by Gasteiger charge is 2.18. The average molecular weight is 353 g/mol. The van der Waals surface area contributed by atoms with E-state index in [1.165, 1.54) is 12.1 Å². The van der Waals surface area contributed by atoms with Gasteiger partial charge in [0, 0.05) is 10.6 Å². The van der Waals surface area contributed by atoms with Crippen molar-refractivity contribution in [2.45, 2.75) is 29.5 Å². The van der Waals surface area contributed by atoms with Crippen LogP contribution in [0.15, 0.2) is 35.4 Å². The van der Waals surface area contributed by atoms with Gasteiger partial charge in [-0.15, -0.1) is 5.10 Å². The maximum atomic E-state index is 12.3. The first kappa shape index (κ1) is 16.8. The number of benzene rings is 1.